The van der Waals surface area contributed by atoms with Crippen molar-refractivity contribution in [2.75, 3.05) is 13.1 Å². The van der Waals surface area contributed by atoms with Gasteiger partial charge in [0.25, 0.3) is 0 Å². The number of hydrogen-bond acceptors (Lipinski definition) is 3. The zero-order valence-corrected chi connectivity index (χ0v) is 14.1. The summed E-state index contributed by atoms with van der Waals surface area (Å²) >= 11 is 0. The molecule has 0 aromatic heterocycles. The second kappa shape index (κ2) is 6.50. The highest BCUT2D eigenvalue weighted by molar-refractivity contribution is 5.68. The molecule has 1 spiro atoms. The van der Waals surface area contributed by atoms with Crippen molar-refractivity contribution >= 4 is 6.09 Å². The maximum absolute atomic E-state index is 12.1. The van der Waals surface area contributed by atoms with Gasteiger partial charge in [-0.05, 0) is 70.6 Å². The van der Waals surface area contributed by atoms with Gasteiger partial charge in [-0.1, -0.05) is 5.92 Å². The highest BCUT2D eigenvalue weighted by Crippen LogP contribution is 2.47. The molecule has 0 aromatic carbocycles. The van der Waals surface area contributed by atoms with Crippen molar-refractivity contribution < 1.29 is 14.6 Å². The predicted molar refractivity (Wildman–Crippen MR) is 86.3 cm³/mol. The van der Waals surface area contributed by atoms with Gasteiger partial charge in [-0.3, -0.25) is 0 Å². The van der Waals surface area contributed by atoms with Crippen LogP contribution in [0.15, 0.2) is 0 Å². The Morgan fingerprint density at radius 2 is 1.82 bits per heavy atom. The lowest BCUT2D eigenvalue weighted by atomic mass is 9.65. The van der Waals surface area contributed by atoms with Crippen LogP contribution in [0, 0.1) is 23.7 Å². The average molecular weight is 307 g/mol. The molecule has 1 heterocycles. The number of aliphatic hydroxyl groups is 1. The van der Waals surface area contributed by atoms with Crippen LogP contribution >= 0.6 is 0 Å². The number of likely N-dealkylation sites (tertiary alicyclic amines) is 1. The lowest BCUT2D eigenvalue weighted by Crippen LogP contribution is -2.46. The van der Waals surface area contributed by atoms with Gasteiger partial charge in [0.1, 0.15) is 11.7 Å². The molecular weight excluding hydrogens is 278 g/mol. The molecule has 124 valence electrons. The van der Waals surface area contributed by atoms with Crippen molar-refractivity contribution in [1.29, 1.82) is 0 Å². The summed E-state index contributed by atoms with van der Waals surface area (Å²) < 4.78 is 5.45. The number of hydrogen-bond donors (Lipinski definition) is 1. The van der Waals surface area contributed by atoms with Gasteiger partial charge in [0, 0.05) is 13.1 Å². The molecule has 0 aromatic rings. The Hall–Kier alpha value is -1.21. The third-order valence-corrected chi connectivity index (χ3v) is 5.18. The minimum absolute atomic E-state index is 0.196. The number of ether oxygens (including phenoxy) is 1. The minimum atomic E-state index is -0.598. The maximum atomic E-state index is 12.1. The zero-order chi connectivity index (χ0) is 16.4. The van der Waals surface area contributed by atoms with Gasteiger partial charge in [-0.15, -0.1) is 6.42 Å². The van der Waals surface area contributed by atoms with Crippen molar-refractivity contribution in [2.45, 2.75) is 71.0 Å². The van der Waals surface area contributed by atoms with E-state index in [1.165, 1.54) is 0 Å². The van der Waals surface area contributed by atoms with E-state index in [4.69, 9.17) is 11.2 Å². The van der Waals surface area contributed by atoms with E-state index in [2.05, 4.69) is 5.92 Å². The third-order valence-electron chi connectivity index (χ3n) is 5.18. The number of amides is 1. The first-order valence-corrected chi connectivity index (χ1v) is 8.37. The Balaban J connectivity index is 1.83. The van der Waals surface area contributed by atoms with Gasteiger partial charge in [0.15, 0.2) is 0 Å². The first-order chi connectivity index (χ1) is 10.2. The quantitative estimate of drug-likeness (QED) is 0.757. The van der Waals surface area contributed by atoms with Crippen molar-refractivity contribution in [3.8, 4) is 12.3 Å². The van der Waals surface area contributed by atoms with Crippen molar-refractivity contribution in [2.24, 2.45) is 11.3 Å². The Bertz CT molecular complexity index is 428. The smallest absolute Gasteiger partial charge is 0.410 e. The molecule has 1 saturated heterocycles. The molecule has 0 unspecified atom stereocenters. The number of carbonyl (C=O) groups excluding carboxylic acids is 1. The van der Waals surface area contributed by atoms with Crippen molar-refractivity contribution in [1.82, 2.24) is 4.90 Å². The van der Waals surface area contributed by atoms with Crippen LogP contribution < -0.4 is 0 Å². The molecule has 22 heavy (non-hydrogen) atoms. The summed E-state index contributed by atoms with van der Waals surface area (Å²) in [5.74, 6) is 2.71. The summed E-state index contributed by atoms with van der Waals surface area (Å²) in [6.45, 7) is 7.24. The van der Waals surface area contributed by atoms with Gasteiger partial charge in [-0.25, -0.2) is 4.79 Å². The van der Waals surface area contributed by atoms with E-state index in [9.17, 15) is 9.90 Å². The van der Waals surface area contributed by atoms with Gasteiger partial charge in [-0.2, -0.15) is 0 Å². The number of nitrogens with zero attached hydrogens (tertiary/aromatic N) is 1. The number of carbonyl (C=O) groups is 1. The van der Waals surface area contributed by atoms with Crippen LogP contribution in [0.5, 0.6) is 0 Å². The summed E-state index contributed by atoms with van der Waals surface area (Å²) in [5, 5.41) is 9.79. The highest BCUT2D eigenvalue weighted by atomic mass is 16.6. The molecule has 1 N–H and O–H groups in total. The fraction of sp³-hybridized carbons (Fsp3) is 0.833. The van der Waals surface area contributed by atoms with Crippen LogP contribution in [0.2, 0.25) is 0 Å². The number of terminal acetylenes is 1. The fourth-order valence-corrected chi connectivity index (χ4v) is 3.69. The third kappa shape index (κ3) is 4.16. The number of piperidine rings is 1. The largest absolute Gasteiger partial charge is 0.444 e. The van der Waals surface area contributed by atoms with Gasteiger partial charge >= 0.3 is 6.09 Å². The standard InChI is InChI=1S/C18H29NO3/c1-5-15(20)14-6-8-18(9-7-14)10-12-19(13-11-18)16(21)22-17(2,3)4/h1,14-15,20H,6-13H2,2-4H3/t15-/m0/s1. The molecule has 1 atom stereocenters. The van der Waals surface area contributed by atoms with Crippen LogP contribution in [-0.2, 0) is 4.74 Å². The van der Waals surface area contributed by atoms with Gasteiger partial charge < -0.3 is 14.7 Å². The van der Waals surface area contributed by atoms with E-state index in [1.807, 2.05) is 25.7 Å². The normalized spacial score (nSPS) is 23.9. The first-order valence-electron chi connectivity index (χ1n) is 8.37. The summed E-state index contributed by atoms with van der Waals surface area (Å²) in [6, 6.07) is 0. The second-order valence-electron chi connectivity index (χ2n) is 7.92. The topological polar surface area (TPSA) is 49.8 Å². The summed E-state index contributed by atoms with van der Waals surface area (Å²) in [7, 11) is 0. The van der Waals surface area contributed by atoms with E-state index in [1.54, 1.807) is 0 Å². The monoisotopic (exact) mass is 307 g/mol. The SMILES string of the molecule is C#C[C@H](O)C1CCC2(CC1)CCN(C(=O)OC(C)(C)C)CC2. The van der Waals surface area contributed by atoms with Crippen molar-refractivity contribution in [3.05, 3.63) is 0 Å². The lowest BCUT2D eigenvalue weighted by molar-refractivity contribution is -0.00352. The molecule has 1 amide bonds. The summed E-state index contributed by atoms with van der Waals surface area (Å²) in [6.07, 6.45) is 10.8. The molecule has 0 bridgehead atoms. The Kier molecular flexibility index (Phi) is 5.07. The molecule has 1 aliphatic carbocycles. The van der Waals surface area contributed by atoms with Gasteiger partial charge in [0.05, 0.1) is 0 Å². The molecule has 1 aliphatic heterocycles. The summed E-state index contributed by atoms with van der Waals surface area (Å²) in [5.41, 5.74) is -0.0982. The molecule has 2 fully saturated rings. The van der Waals surface area contributed by atoms with Gasteiger partial charge in [0.2, 0.25) is 0 Å². The first kappa shape index (κ1) is 17.1. The molecule has 1 saturated carbocycles. The highest BCUT2D eigenvalue weighted by Gasteiger charge is 2.40. The van der Waals surface area contributed by atoms with E-state index in [0.29, 0.717) is 5.41 Å². The van der Waals surface area contributed by atoms with Crippen LogP contribution in [0.25, 0.3) is 0 Å². The molecule has 2 aliphatic rings. The molecule has 2 rings (SSSR count). The van der Waals surface area contributed by atoms with E-state index < -0.39 is 11.7 Å². The average Bonchev–Trinajstić information content (AvgIpc) is 2.46. The van der Waals surface area contributed by atoms with E-state index >= 15 is 0 Å². The Morgan fingerprint density at radius 3 is 2.27 bits per heavy atom. The molecule has 4 nitrogen and oxygen atoms in total. The van der Waals surface area contributed by atoms with Crippen molar-refractivity contribution in [3.63, 3.8) is 0 Å². The second-order valence-corrected chi connectivity index (χ2v) is 7.92. The Morgan fingerprint density at radius 1 is 1.27 bits per heavy atom. The van der Waals surface area contributed by atoms with Crippen LogP contribution in [0.4, 0.5) is 4.79 Å². The van der Waals surface area contributed by atoms with Crippen LogP contribution in [-0.4, -0.2) is 40.9 Å². The molecular formula is C18H29NO3. The fourth-order valence-electron chi connectivity index (χ4n) is 3.69. The lowest BCUT2D eigenvalue weighted by Gasteiger charge is -2.46. The summed E-state index contributed by atoms with van der Waals surface area (Å²) in [4.78, 5) is 13.9. The van der Waals surface area contributed by atoms with Crippen LogP contribution in [0.1, 0.15) is 59.3 Å². The number of aliphatic hydroxyl groups excluding tert-OH is 1. The maximum Gasteiger partial charge on any atom is 0.410 e. The predicted octanol–water partition coefficient (Wildman–Crippen LogP) is 3.19. The van der Waals surface area contributed by atoms with E-state index in [0.717, 1.165) is 51.6 Å². The molecule has 4 heteroatoms. The zero-order valence-electron chi connectivity index (χ0n) is 14.1. The molecule has 0 radical (unpaired) electrons. The minimum Gasteiger partial charge on any atom is -0.444 e. The number of rotatable bonds is 1. The Labute approximate surface area is 134 Å². The van der Waals surface area contributed by atoms with Crippen LogP contribution in [0.3, 0.4) is 0 Å². The van der Waals surface area contributed by atoms with E-state index in [-0.39, 0.29) is 12.0 Å².